The Labute approximate surface area is 115 Å². The molecule has 4 heteroatoms. The summed E-state index contributed by atoms with van der Waals surface area (Å²) in [6.07, 6.45) is 4.14. The van der Waals surface area contributed by atoms with Gasteiger partial charge in [0.2, 0.25) is 0 Å². The number of carbonyl (C=O) groups is 1. The zero-order chi connectivity index (χ0) is 13.8. The molecule has 0 spiro atoms. The van der Waals surface area contributed by atoms with Crippen LogP contribution in [0.3, 0.4) is 0 Å². The summed E-state index contributed by atoms with van der Waals surface area (Å²) in [7, 11) is 0. The van der Waals surface area contributed by atoms with Crippen LogP contribution < -0.4 is 0 Å². The first-order valence-electron chi connectivity index (χ1n) is 7.14. The molecule has 106 valence electrons. The van der Waals surface area contributed by atoms with Crippen LogP contribution in [0.1, 0.15) is 31.1 Å². The van der Waals surface area contributed by atoms with Gasteiger partial charge in [-0.25, -0.2) is 0 Å². The first-order valence-corrected chi connectivity index (χ1v) is 7.14. The molecule has 1 unspecified atom stereocenters. The molecule has 0 N–H and O–H groups in total. The Balaban J connectivity index is 1.94. The second-order valence-electron chi connectivity index (χ2n) is 5.50. The van der Waals surface area contributed by atoms with Crippen LogP contribution in [0.5, 0.6) is 0 Å². The maximum absolute atomic E-state index is 11.9. The average Bonchev–Trinajstić information content (AvgIpc) is 2.86. The van der Waals surface area contributed by atoms with E-state index in [1.54, 1.807) is 0 Å². The minimum Gasteiger partial charge on any atom is -0.374 e. The second-order valence-corrected chi connectivity index (χ2v) is 5.50. The first-order chi connectivity index (χ1) is 9.10. The zero-order valence-corrected chi connectivity index (χ0v) is 12.1. The second kappa shape index (κ2) is 6.35. The van der Waals surface area contributed by atoms with Gasteiger partial charge in [0.05, 0.1) is 12.7 Å². The summed E-state index contributed by atoms with van der Waals surface area (Å²) >= 11 is 0. The van der Waals surface area contributed by atoms with E-state index in [1.165, 1.54) is 0 Å². The number of ketones is 1. The molecule has 1 aromatic rings. The number of carbonyl (C=O) groups excluding carboxylic acids is 1. The van der Waals surface area contributed by atoms with Gasteiger partial charge >= 0.3 is 0 Å². The topological polar surface area (TPSA) is 34.5 Å². The van der Waals surface area contributed by atoms with Crippen LogP contribution in [0, 0.1) is 5.92 Å². The molecule has 4 nitrogen and oxygen atoms in total. The number of ether oxygens (including phenoxy) is 1. The zero-order valence-electron chi connectivity index (χ0n) is 12.1. The van der Waals surface area contributed by atoms with Crippen LogP contribution in [0.15, 0.2) is 18.5 Å². The van der Waals surface area contributed by atoms with E-state index >= 15 is 0 Å². The third kappa shape index (κ3) is 3.67. The predicted octanol–water partition coefficient (Wildman–Crippen LogP) is 2.05. The van der Waals surface area contributed by atoms with Gasteiger partial charge in [-0.2, -0.15) is 0 Å². The monoisotopic (exact) mass is 264 g/mol. The van der Waals surface area contributed by atoms with Gasteiger partial charge in [0.1, 0.15) is 0 Å². The number of rotatable bonds is 5. The van der Waals surface area contributed by atoms with Crippen molar-refractivity contribution in [2.24, 2.45) is 5.92 Å². The highest BCUT2D eigenvalue weighted by molar-refractivity contribution is 5.97. The Hall–Kier alpha value is -1.13. The lowest BCUT2D eigenvalue weighted by atomic mass is 10.0. The van der Waals surface area contributed by atoms with E-state index < -0.39 is 0 Å². The standard InChI is InChI=1S/C15H24N2O2/c1-4-16-7-8-19-14(10-16)11-17-6-5-13(9-17)15(18)12(2)3/h5-6,9,12,14H,4,7-8,10-11H2,1-3H3. The summed E-state index contributed by atoms with van der Waals surface area (Å²) < 4.78 is 7.85. The van der Waals surface area contributed by atoms with Gasteiger partial charge in [0.25, 0.3) is 0 Å². The van der Waals surface area contributed by atoms with Gasteiger partial charge < -0.3 is 9.30 Å². The maximum atomic E-state index is 11.9. The van der Waals surface area contributed by atoms with Crippen molar-refractivity contribution in [3.8, 4) is 0 Å². The Bertz CT molecular complexity index is 426. The van der Waals surface area contributed by atoms with Crippen molar-refractivity contribution in [3.05, 3.63) is 24.0 Å². The average molecular weight is 264 g/mol. The fourth-order valence-corrected chi connectivity index (χ4v) is 2.45. The lowest BCUT2D eigenvalue weighted by molar-refractivity contribution is -0.0342. The Kier molecular flexibility index (Phi) is 4.77. The summed E-state index contributed by atoms with van der Waals surface area (Å²) in [5, 5.41) is 0. The van der Waals surface area contributed by atoms with Crippen LogP contribution in [0.2, 0.25) is 0 Å². The molecule has 0 amide bonds. The summed E-state index contributed by atoms with van der Waals surface area (Å²) in [6.45, 7) is 10.7. The van der Waals surface area contributed by atoms with Gasteiger partial charge in [0, 0.05) is 43.5 Å². The molecule has 1 atom stereocenters. The molecule has 1 fully saturated rings. The van der Waals surface area contributed by atoms with E-state index in [4.69, 9.17) is 4.74 Å². The molecule has 0 aliphatic carbocycles. The van der Waals surface area contributed by atoms with Crippen molar-refractivity contribution >= 4 is 5.78 Å². The number of morpholine rings is 1. The maximum Gasteiger partial charge on any atom is 0.166 e. The smallest absolute Gasteiger partial charge is 0.166 e. The van der Waals surface area contributed by atoms with Crippen LogP contribution in [0.25, 0.3) is 0 Å². The molecule has 0 bridgehead atoms. The number of nitrogens with zero attached hydrogens (tertiary/aromatic N) is 2. The van der Waals surface area contributed by atoms with Gasteiger partial charge in [0.15, 0.2) is 5.78 Å². The summed E-state index contributed by atoms with van der Waals surface area (Å²) in [4.78, 5) is 14.3. The molecule has 19 heavy (non-hydrogen) atoms. The quantitative estimate of drug-likeness (QED) is 0.763. The molecule has 1 saturated heterocycles. The first kappa shape index (κ1) is 14.3. The fraction of sp³-hybridized carbons (Fsp3) is 0.667. The highest BCUT2D eigenvalue weighted by Gasteiger charge is 2.20. The predicted molar refractivity (Wildman–Crippen MR) is 75.5 cm³/mol. The molecule has 2 heterocycles. The molecule has 0 radical (unpaired) electrons. The summed E-state index contributed by atoms with van der Waals surface area (Å²) in [5.74, 6) is 0.260. The fourth-order valence-electron chi connectivity index (χ4n) is 2.45. The Morgan fingerprint density at radius 1 is 1.53 bits per heavy atom. The molecule has 0 saturated carbocycles. The van der Waals surface area contributed by atoms with Crippen molar-refractivity contribution in [1.82, 2.24) is 9.47 Å². The van der Waals surface area contributed by atoms with Crippen LogP contribution in [0.4, 0.5) is 0 Å². The molecular formula is C15H24N2O2. The van der Waals surface area contributed by atoms with Gasteiger partial charge in [-0.15, -0.1) is 0 Å². The summed E-state index contributed by atoms with van der Waals surface area (Å²) in [6, 6.07) is 1.91. The van der Waals surface area contributed by atoms with Crippen molar-refractivity contribution in [1.29, 1.82) is 0 Å². The van der Waals surface area contributed by atoms with Crippen LogP contribution in [-0.4, -0.2) is 47.6 Å². The Morgan fingerprint density at radius 3 is 3.00 bits per heavy atom. The lowest BCUT2D eigenvalue weighted by Crippen LogP contribution is -2.43. The van der Waals surface area contributed by atoms with Crippen molar-refractivity contribution in [2.75, 3.05) is 26.2 Å². The normalized spacial score (nSPS) is 20.9. The SMILES string of the molecule is CCN1CCOC(Cn2ccc(C(=O)C(C)C)c2)C1. The number of Topliss-reactive ketones (excluding diaryl/α,β-unsaturated/α-hetero) is 1. The Morgan fingerprint density at radius 2 is 2.32 bits per heavy atom. The van der Waals surface area contributed by atoms with Crippen molar-refractivity contribution in [3.63, 3.8) is 0 Å². The minimum absolute atomic E-state index is 0.0531. The highest BCUT2D eigenvalue weighted by atomic mass is 16.5. The van der Waals surface area contributed by atoms with E-state index in [0.29, 0.717) is 0 Å². The van der Waals surface area contributed by atoms with E-state index in [-0.39, 0.29) is 17.8 Å². The van der Waals surface area contributed by atoms with E-state index in [1.807, 2.05) is 32.3 Å². The van der Waals surface area contributed by atoms with E-state index in [2.05, 4.69) is 16.4 Å². The molecular weight excluding hydrogens is 240 g/mol. The van der Waals surface area contributed by atoms with Gasteiger partial charge in [-0.05, 0) is 12.6 Å². The van der Waals surface area contributed by atoms with Gasteiger partial charge in [-0.3, -0.25) is 9.69 Å². The molecule has 1 aliphatic rings. The van der Waals surface area contributed by atoms with E-state index in [9.17, 15) is 4.79 Å². The molecule has 1 aromatic heterocycles. The van der Waals surface area contributed by atoms with Crippen molar-refractivity contribution in [2.45, 2.75) is 33.4 Å². The van der Waals surface area contributed by atoms with Crippen molar-refractivity contribution < 1.29 is 9.53 Å². The summed E-state index contributed by atoms with van der Waals surface area (Å²) in [5.41, 5.74) is 0.804. The molecule has 1 aliphatic heterocycles. The molecule has 2 rings (SSSR count). The largest absolute Gasteiger partial charge is 0.374 e. The third-order valence-electron chi connectivity index (χ3n) is 3.64. The molecule has 0 aromatic carbocycles. The third-order valence-corrected chi connectivity index (χ3v) is 3.64. The number of aromatic nitrogens is 1. The number of likely N-dealkylation sites (N-methyl/N-ethyl adjacent to an activating group) is 1. The van der Waals surface area contributed by atoms with E-state index in [0.717, 1.165) is 38.3 Å². The number of hydrogen-bond donors (Lipinski definition) is 0. The van der Waals surface area contributed by atoms with Gasteiger partial charge in [-0.1, -0.05) is 20.8 Å². The highest BCUT2D eigenvalue weighted by Crippen LogP contribution is 2.12. The van der Waals surface area contributed by atoms with Crippen LogP contribution >= 0.6 is 0 Å². The van der Waals surface area contributed by atoms with Crippen LogP contribution in [-0.2, 0) is 11.3 Å². The minimum atomic E-state index is 0.0531. The lowest BCUT2D eigenvalue weighted by Gasteiger charge is -2.32. The number of hydrogen-bond acceptors (Lipinski definition) is 3.